The Morgan fingerprint density at radius 3 is 3.09 bits per heavy atom. The normalized spacial score (nSPS) is 23.2. The SMILES string of the molecule is NNC(=S)SC1C=CCCC1. The van der Waals surface area contributed by atoms with Crippen LogP contribution in [0.3, 0.4) is 0 Å². The fourth-order valence-corrected chi connectivity index (χ4v) is 2.24. The van der Waals surface area contributed by atoms with E-state index in [9.17, 15) is 0 Å². The molecule has 0 aliphatic heterocycles. The molecule has 1 aliphatic carbocycles. The number of hydrazine groups is 1. The highest BCUT2D eigenvalue weighted by Crippen LogP contribution is 2.23. The summed E-state index contributed by atoms with van der Waals surface area (Å²) in [6.45, 7) is 0. The molecule has 2 nitrogen and oxygen atoms in total. The summed E-state index contributed by atoms with van der Waals surface area (Å²) in [7, 11) is 0. The van der Waals surface area contributed by atoms with Gasteiger partial charge in [0, 0.05) is 5.25 Å². The molecule has 1 rings (SSSR count). The summed E-state index contributed by atoms with van der Waals surface area (Å²) >= 11 is 6.56. The number of nitrogens with one attached hydrogen (secondary N) is 1. The van der Waals surface area contributed by atoms with E-state index in [1.54, 1.807) is 11.8 Å². The molecular formula is C7H12N2S2. The summed E-state index contributed by atoms with van der Waals surface area (Å²) in [5.41, 5.74) is 2.47. The van der Waals surface area contributed by atoms with Gasteiger partial charge in [-0.05, 0) is 19.3 Å². The van der Waals surface area contributed by atoms with Gasteiger partial charge in [0.05, 0.1) is 0 Å². The van der Waals surface area contributed by atoms with E-state index in [1.165, 1.54) is 19.3 Å². The van der Waals surface area contributed by atoms with Crippen molar-refractivity contribution in [1.82, 2.24) is 5.43 Å². The van der Waals surface area contributed by atoms with Gasteiger partial charge in [-0.15, -0.1) is 0 Å². The van der Waals surface area contributed by atoms with Gasteiger partial charge >= 0.3 is 0 Å². The lowest BCUT2D eigenvalue weighted by molar-refractivity contribution is 0.742. The molecule has 0 heterocycles. The van der Waals surface area contributed by atoms with Crippen LogP contribution in [-0.2, 0) is 0 Å². The van der Waals surface area contributed by atoms with Crippen LogP contribution in [0.1, 0.15) is 19.3 Å². The monoisotopic (exact) mass is 188 g/mol. The minimum atomic E-state index is 0.535. The summed E-state index contributed by atoms with van der Waals surface area (Å²) in [5, 5.41) is 0.535. The maximum absolute atomic E-state index is 5.15. The Hall–Kier alpha value is -0.0600. The number of nitrogens with two attached hydrogens (primary N) is 1. The highest BCUT2D eigenvalue weighted by Gasteiger charge is 2.10. The van der Waals surface area contributed by atoms with Gasteiger partial charge in [0.25, 0.3) is 0 Å². The molecule has 62 valence electrons. The maximum Gasteiger partial charge on any atom is 0.148 e. The van der Waals surface area contributed by atoms with Gasteiger partial charge in [-0.2, -0.15) is 0 Å². The van der Waals surface area contributed by atoms with Gasteiger partial charge in [-0.25, -0.2) is 5.84 Å². The van der Waals surface area contributed by atoms with Crippen molar-refractivity contribution in [2.24, 2.45) is 5.84 Å². The van der Waals surface area contributed by atoms with Crippen LogP contribution < -0.4 is 11.3 Å². The number of allylic oxidation sites excluding steroid dienone is 1. The van der Waals surface area contributed by atoms with Crippen molar-refractivity contribution in [2.45, 2.75) is 24.5 Å². The van der Waals surface area contributed by atoms with Gasteiger partial charge in [0.2, 0.25) is 0 Å². The molecule has 0 saturated carbocycles. The largest absolute Gasteiger partial charge is 0.309 e. The first-order chi connectivity index (χ1) is 5.33. The molecule has 0 saturated heterocycles. The molecule has 1 atom stereocenters. The zero-order chi connectivity index (χ0) is 8.10. The van der Waals surface area contributed by atoms with Crippen LogP contribution >= 0.6 is 24.0 Å². The average molecular weight is 188 g/mol. The second-order valence-electron chi connectivity index (χ2n) is 2.45. The molecule has 0 aromatic rings. The number of hydrogen-bond acceptors (Lipinski definition) is 3. The molecule has 0 fully saturated rings. The third-order valence-electron chi connectivity index (χ3n) is 1.59. The topological polar surface area (TPSA) is 38.0 Å². The second kappa shape index (κ2) is 4.74. The highest BCUT2D eigenvalue weighted by atomic mass is 32.2. The number of rotatable bonds is 1. The Bertz CT molecular complexity index is 168. The van der Waals surface area contributed by atoms with Crippen molar-refractivity contribution < 1.29 is 0 Å². The van der Waals surface area contributed by atoms with Crippen LogP contribution in [0.5, 0.6) is 0 Å². The first-order valence-corrected chi connectivity index (χ1v) is 4.95. The third-order valence-corrected chi connectivity index (χ3v) is 3.02. The van der Waals surface area contributed by atoms with E-state index >= 15 is 0 Å². The Labute approximate surface area is 76.6 Å². The molecule has 0 spiro atoms. The van der Waals surface area contributed by atoms with E-state index in [4.69, 9.17) is 18.1 Å². The summed E-state index contributed by atoms with van der Waals surface area (Å²) in [6, 6.07) is 0. The predicted molar refractivity (Wildman–Crippen MR) is 54.3 cm³/mol. The average Bonchev–Trinajstić information content (AvgIpc) is 2.06. The van der Waals surface area contributed by atoms with E-state index in [0.717, 1.165) is 0 Å². The van der Waals surface area contributed by atoms with Gasteiger partial charge in [0.15, 0.2) is 0 Å². The lowest BCUT2D eigenvalue weighted by atomic mass is 10.1. The van der Waals surface area contributed by atoms with Crippen LogP contribution in [-0.4, -0.2) is 9.57 Å². The van der Waals surface area contributed by atoms with Gasteiger partial charge in [-0.3, -0.25) is 0 Å². The third kappa shape index (κ3) is 3.22. The molecule has 0 amide bonds. The van der Waals surface area contributed by atoms with Gasteiger partial charge in [-0.1, -0.05) is 36.1 Å². The minimum absolute atomic E-state index is 0.535. The van der Waals surface area contributed by atoms with Crippen molar-refractivity contribution >= 4 is 28.3 Å². The molecule has 3 N–H and O–H groups in total. The summed E-state index contributed by atoms with van der Waals surface area (Å²) in [6.07, 6.45) is 8.10. The first kappa shape index (κ1) is 9.03. The molecule has 0 aromatic carbocycles. The molecule has 11 heavy (non-hydrogen) atoms. The van der Waals surface area contributed by atoms with Gasteiger partial charge in [0.1, 0.15) is 4.32 Å². The van der Waals surface area contributed by atoms with E-state index in [0.29, 0.717) is 9.57 Å². The van der Waals surface area contributed by atoms with Crippen LogP contribution in [0.15, 0.2) is 12.2 Å². The van der Waals surface area contributed by atoms with E-state index in [1.807, 2.05) is 0 Å². The molecule has 0 aromatic heterocycles. The zero-order valence-electron chi connectivity index (χ0n) is 6.25. The quantitative estimate of drug-likeness (QED) is 0.283. The Morgan fingerprint density at radius 2 is 2.55 bits per heavy atom. The van der Waals surface area contributed by atoms with Crippen LogP contribution in [0, 0.1) is 0 Å². The number of hydrogen-bond donors (Lipinski definition) is 2. The fourth-order valence-electron chi connectivity index (χ4n) is 1.05. The zero-order valence-corrected chi connectivity index (χ0v) is 7.88. The van der Waals surface area contributed by atoms with E-state index < -0.39 is 0 Å². The highest BCUT2D eigenvalue weighted by molar-refractivity contribution is 8.23. The molecule has 0 bridgehead atoms. The van der Waals surface area contributed by atoms with Crippen molar-refractivity contribution in [3.63, 3.8) is 0 Å². The second-order valence-corrected chi connectivity index (χ2v) is 4.36. The summed E-state index contributed by atoms with van der Waals surface area (Å²) in [4.78, 5) is 0. The van der Waals surface area contributed by atoms with E-state index in [-0.39, 0.29) is 0 Å². The lowest BCUT2D eigenvalue weighted by Gasteiger charge is -2.15. The van der Waals surface area contributed by atoms with Crippen LogP contribution in [0.2, 0.25) is 0 Å². The van der Waals surface area contributed by atoms with Crippen molar-refractivity contribution in [3.8, 4) is 0 Å². The first-order valence-electron chi connectivity index (χ1n) is 3.67. The maximum atomic E-state index is 5.15. The Balaban J connectivity index is 2.30. The summed E-state index contributed by atoms with van der Waals surface area (Å²) < 4.78 is 0.682. The number of thiocarbonyl (C=S) groups is 1. The Morgan fingerprint density at radius 1 is 1.73 bits per heavy atom. The van der Waals surface area contributed by atoms with Crippen LogP contribution in [0.25, 0.3) is 0 Å². The van der Waals surface area contributed by atoms with Crippen molar-refractivity contribution in [1.29, 1.82) is 0 Å². The fraction of sp³-hybridized carbons (Fsp3) is 0.571. The number of thioether (sulfide) groups is 1. The molecule has 1 unspecified atom stereocenters. The Kier molecular flexibility index (Phi) is 3.90. The van der Waals surface area contributed by atoms with E-state index in [2.05, 4.69) is 17.6 Å². The smallest absolute Gasteiger partial charge is 0.148 e. The molecule has 4 heteroatoms. The van der Waals surface area contributed by atoms with Gasteiger partial charge < -0.3 is 5.43 Å². The molecule has 1 aliphatic rings. The molecule has 0 radical (unpaired) electrons. The van der Waals surface area contributed by atoms with Crippen LogP contribution in [0.4, 0.5) is 0 Å². The summed E-state index contributed by atoms with van der Waals surface area (Å²) in [5.74, 6) is 5.15. The van der Waals surface area contributed by atoms with Crippen molar-refractivity contribution in [2.75, 3.05) is 0 Å². The molecular weight excluding hydrogens is 176 g/mol. The predicted octanol–water partition coefficient (Wildman–Crippen LogP) is 1.58. The minimum Gasteiger partial charge on any atom is -0.309 e. The van der Waals surface area contributed by atoms with Crippen molar-refractivity contribution in [3.05, 3.63) is 12.2 Å². The lowest BCUT2D eigenvalue weighted by Crippen LogP contribution is -2.27. The standard InChI is InChI=1S/C7H12N2S2/c8-9-7(10)11-6-4-2-1-3-5-6/h2,4,6H,1,3,5,8H2,(H,9,10).